The summed E-state index contributed by atoms with van der Waals surface area (Å²) in [6.07, 6.45) is 6.44. The van der Waals surface area contributed by atoms with E-state index in [0.29, 0.717) is 11.3 Å². The van der Waals surface area contributed by atoms with E-state index in [1.165, 1.54) is 19.2 Å². The van der Waals surface area contributed by atoms with Crippen molar-refractivity contribution in [1.82, 2.24) is 14.4 Å². The summed E-state index contributed by atoms with van der Waals surface area (Å²) >= 11 is 0. The second-order valence-electron chi connectivity index (χ2n) is 6.19. The molecule has 1 saturated heterocycles. The van der Waals surface area contributed by atoms with Crippen molar-refractivity contribution in [2.75, 3.05) is 25.1 Å². The number of piperidine rings is 1. The van der Waals surface area contributed by atoms with Gasteiger partial charge in [-0.3, -0.25) is 4.40 Å². The summed E-state index contributed by atoms with van der Waals surface area (Å²) in [6, 6.07) is 4.59. The Morgan fingerprint density at radius 2 is 2.00 bits per heavy atom. The monoisotopic (exact) mass is 342 g/mol. The number of hydrogen-bond acceptors (Lipinski definition) is 5. The third-order valence-corrected chi connectivity index (χ3v) is 4.58. The Labute approximate surface area is 144 Å². The van der Waals surface area contributed by atoms with E-state index in [0.717, 1.165) is 43.1 Å². The molecule has 2 aromatic heterocycles. The molecule has 1 aliphatic heterocycles. The number of aliphatic hydroxyl groups excluding tert-OH is 1. The van der Waals surface area contributed by atoms with E-state index in [-0.39, 0.29) is 11.9 Å². The fourth-order valence-electron chi connectivity index (χ4n) is 3.25. The summed E-state index contributed by atoms with van der Waals surface area (Å²) in [5.74, 6) is 0.886. The number of nitrogens with zero attached hydrogens (tertiary/aromatic N) is 4. The van der Waals surface area contributed by atoms with E-state index in [4.69, 9.17) is 4.74 Å². The molecule has 6 nitrogen and oxygen atoms in total. The van der Waals surface area contributed by atoms with Gasteiger partial charge in [0.1, 0.15) is 11.6 Å². The summed E-state index contributed by atoms with van der Waals surface area (Å²) in [6.45, 7) is 1.48. The largest absolute Gasteiger partial charge is 0.497 e. The van der Waals surface area contributed by atoms with Crippen LogP contribution in [0.15, 0.2) is 36.8 Å². The number of hydrogen-bond donors (Lipinski definition) is 1. The van der Waals surface area contributed by atoms with Crippen LogP contribution in [0.3, 0.4) is 0 Å². The Morgan fingerprint density at radius 1 is 1.20 bits per heavy atom. The number of halogens is 1. The van der Waals surface area contributed by atoms with Crippen molar-refractivity contribution in [3.05, 3.63) is 42.6 Å². The average Bonchev–Trinajstić information content (AvgIpc) is 3.06. The molecular formula is C18H19FN4O2. The molecule has 1 aliphatic rings. The molecule has 3 heterocycles. The number of imidazole rings is 1. The lowest BCUT2D eigenvalue weighted by Gasteiger charge is -2.30. The second-order valence-corrected chi connectivity index (χ2v) is 6.19. The summed E-state index contributed by atoms with van der Waals surface area (Å²) in [4.78, 5) is 11.1. The van der Waals surface area contributed by atoms with Gasteiger partial charge in [0.2, 0.25) is 0 Å². The number of ether oxygens (including phenoxy) is 1. The molecule has 0 unspecified atom stereocenters. The van der Waals surface area contributed by atoms with Crippen LogP contribution < -0.4 is 9.64 Å². The molecule has 0 radical (unpaired) electrons. The van der Waals surface area contributed by atoms with Gasteiger partial charge in [-0.25, -0.2) is 14.4 Å². The first-order valence-electron chi connectivity index (χ1n) is 8.26. The zero-order valence-corrected chi connectivity index (χ0v) is 13.9. The Morgan fingerprint density at radius 3 is 2.76 bits per heavy atom. The third kappa shape index (κ3) is 2.91. The normalized spacial score (nSPS) is 15.7. The highest BCUT2D eigenvalue weighted by molar-refractivity contribution is 5.72. The highest BCUT2D eigenvalue weighted by Gasteiger charge is 2.21. The lowest BCUT2D eigenvalue weighted by molar-refractivity contribution is 0.145. The molecule has 0 atom stereocenters. The van der Waals surface area contributed by atoms with E-state index >= 15 is 0 Å². The highest BCUT2D eigenvalue weighted by atomic mass is 19.1. The topological polar surface area (TPSA) is 62.9 Å². The Kier molecular flexibility index (Phi) is 4.01. The Hall–Kier alpha value is -2.67. The number of aliphatic hydroxyl groups is 1. The minimum Gasteiger partial charge on any atom is -0.497 e. The van der Waals surface area contributed by atoms with Gasteiger partial charge in [0.15, 0.2) is 11.5 Å². The van der Waals surface area contributed by atoms with E-state index < -0.39 is 0 Å². The number of fused-ring (bicyclic) bond motifs is 1. The minimum absolute atomic E-state index is 0.244. The maximum absolute atomic E-state index is 13.9. The minimum atomic E-state index is -0.358. The number of benzene rings is 1. The van der Waals surface area contributed by atoms with Crippen molar-refractivity contribution in [2.24, 2.45) is 0 Å². The summed E-state index contributed by atoms with van der Waals surface area (Å²) in [5, 5.41) is 9.70. The maximum Gasteiger partial charge on any atom is 0.180 e. The van der Waals surface area contributed by atoms with Gasteiger partial charge >= 0.3 is 0 Å². The third-order valence-electron chi connectivity index (χ3n) is 4.58. The van der Waals surface area contributed by atoms with Gasteiger partial charge < -0.3 is 14.7 Å². The van der Waals surface area contributed by atoms with Crippen LogP contribution in [0.4, 0.5) is 10.2 Å². The predicted octanol–water partition coefficient (Wildman–Crippen LogP) is 2.51. The second kappa shape index (κ2) is 6.33. The number of methoxy groups -OCH3 is 1. The Balaban J connectivity index is 1.78. The highest BCUT2D eigenvalue weighted by Crippen LogP contribution is 2.29. The summed E-state index contributed by atoms with van der Waals surface area (Å²) < 4.78 is 20.9. The van der Waals surface area contributed by atoms with Crippen LogP contribution in [-0.2, 0) is 0 Å². The van der Waals surface area contributed by atoms with E-state index in [1.807, 2.05) is 10.6 Å². The molecular weight excluding hydrogens is 323 g/mol. The van der Waals surface area contributed by atoms with E-state index in [2.05, 4.69) is 14.9 Å². The van der Waals surface area contributed by atoms with Crippen LogP contribution in [0.5, 0.6) is 5.75 Å². The van der Waals surface area contributed by atoms with Gasteiger partial charge in [0.05, 0.1) is 25.1 Å². The predicted molar refractivity (Wildman–Crippen MR) is 92.4 cm³/mol. The van der Waals surface area contributed by atoms with Gasteiger partial charge in [-0.2, -0.15) is 0 Å². The molecule has 0 amide bonds. The van der Waals surface area contributed by atoms with Crippen molar-refractivity contribution in [3.8, 4) is 17.0 Å². The molecule has 7 heteroatoms. The zero-order chi connectivity index (χ0) is 17.4. The number of aromatic nitrogens is 3. The van der Waals surface area contributed by atoms with Crippen molar-refractivity contribution >= 4 is 11.5 Å². The molecule has 1 fully saturated rings. The quantitative estimate of drug-likeness (QED) is 0.792. The van der Waals surface area contributed by atoms with E-state index in [9.17, 15) is 9.50 Å². The van der Waals surface area contributed by atoms with Crippen LogP contribution >= 0.6 is 0 Å². The maximum atomic E-state index is 13.9. The van der Waals surface area contributed by atoms with E-state index in [1.54, 1.807) is 18.5 Å². The summed E-state index contributed by atoms with van der Waals surface area (Å²) in [5.41, 5.74) is 2.18. The standard InChI is InChI=1S/C18H19FN4O2/c1-25-15-9-12(8-13(19)10-15)16-11-21-18-17(20-4-7-23(16)18)22-5-2-14(24)3-6-22/h4,7-11,14,24H,2-3,5-6H2,1H3. The van der Waals surface area contributed by atoms with Gasteiger partial charge in [-0.1, -0.05) is 0 Å². The molecule has 0 spiro atoms. The SMILES string of the molecule is COc1cc(F)cc(-c2cnc3c(N4CCC(O)CC4)nccn23)c1. The smallest absolute Gasteiger partial charge is 0.180 e. The first-order valence-corrected chi connectivity index (χ1v) is 8.26. The molecule has 1 aromatic carbocycles. The van der Waals surface area contributed by atoms with Crippen molar-refractivity contribution in [1.29, 1.82) is 0 Å². The molecule has 25 heavy (non-hydrogen) atoms. The van der Waals surface area contributed by atoms with Gasteiger partial charge in [-0.15, -0.1) is 0 Å². The molecule has 3 aromatic rings. The van der Waals surface area contributed by atoms with Crippen molar-refractivity contribution in [2.45, 2.75) is 18.9 Å². The molecule has 0 bridgehead atoms. The average molecular weight is 342 g/mol. The zero-order valence-electron chi connectivity index (χ0n) is 13.9. The molecule has 4 rings (SSSR count). The van der Waals surface area contributed by atoms with Crippen LogP contribution in [0.2, 0.25) is 0 Å². The van der Waals surface area contributed by atoms with Crippen molar-refractivity contribution in [3.63, 3.8) is 0 Å². The van der Waals surface area contributed by atoms with Crippen LogP contribution in [0.25, 0.3) is 16.9 Å². The Bertz CT molecular complexity index is 903. The fourth-order valence-corrected chi connectivity index (χ4v) is 3.25. The van der Waals surface area contributed by atoms with Crippen molar-refractivity contribution < 1.29 is 14.2 Å². The van der Waals surface area contributed by atoms with Crippen LogP contribution in [-0.4, -0.2) is 45.8 Å². The van der Waals surface area contributed by atoms with Gasteiger partial charge in [-0.05, 0) is 25.0 Å². The first kappa shape index (κ1) is 15.8. The number of rotatable bonds is 3. The lowest BCUT2D eigenvalue weighted by Crippen LogP contribution is -2.36. The van der Waals surface area contributed by atoms with Gasteiger partial charge in [0, 0.05) is 37.1 Å². The molecule has 0 aliphatic carbocycles. The van der Waals surface area contributed by atoms with Gasteiger partial charge in [0.25, 0.3) is 0 Å². The first-order chi connectivity index (χ1) is 12.2. The molecule has 0 saturated carbocycles. The van der Waals surface area contributed by atoms with Crippen LogP contribution in [0.1, 0.15) is 12.8 Å². The lowest BCUT2D eigenvalue weighted by atomic mass is 10.1. The molecule has 130 valence electrons. The number of anilines is 1. The summed E-state index contributed by atoms with van der Waals surface area (Å²) in [7, 11) is 1.51. The van der Waals surface area contributed by atoms with Crippen LogP contribution in [0, 0.1) is 5.82 Å². The molecule has 1 N–H and O–H groups in total. The fraction of sp³-hybridized carbons (Fsp3) is 0.333.